The van der Waals surface area contributed by atoms with E-state index in [1.54, 1.807) is 17.4 Å². The highest BCUT2D eigenvalue weighted by molar-refractivity contribution is 7.12. The summed E-state index contributed by atoms with van der Waals surface area (Å²) in [5.74, 6) is 0.189. The van der Waals surface area contributed by atoms with Crippen LogP contribution in [0.1, 0.15) is 46.3 Å². The molecule has 3 rings (SSSR count). The number of carbonyl (C=O) groups is 2. The Labute approximate surface area is 143 Å². The summed E-state index contributed by atoms with van der Waals surface area (Å²) in [6.07, 6.45) is 4.78. The molecule has 0 radical (unpaired) electrons. The molecule has 1 saturated carbocycles. The molecule has 2 heterocycles. The van der Waals surface area contributed by atoms with Crippen molar-refractivity contribution in [3.05, 3.63) is 44.8 Å². The molecule has 1 atom stereocenters. The second-order valence-corrected chi connectivity index (χ2v) is 7.69. The van der Waals surface area contributed by atoms with Gasteiger partial charge in [0.05, 0.1) is 17.5 Å². The summed E-state index contributed by atoms with van der Waals surface area (Å²) in [7, 11) is 0. The fourth-order valence-corrected chi connectivity index (χ4v) is 4.57. The molecule has 2 amide bonds. The van der Waals surface area contributed by atoms with Gasteiger partial charge in [0.15, 0.2) is 0 Å². The maximum absolute atomic E-state index is 12.3. The van der Waals surface area contributed by atoms with Crippen molar-refractivity contribution >= 4 is 34.5 Å². The Kier molecular flexibility index (Phi) is 5.46. The normalized spacial score (nSPS) is 16.2. The van der Waals surface area contributed by atoms with Crippen LogP contribution < -0.4 is 10.6 Å². The first-order chi connectivity index (χ1) is 11.2. The number of thiophene rings is 2. The summed E-state index contributed by atoms with van der Waals surface area (Å²) >= 11 is 3.05. The van der Waals surface area contributed by atoms with Gasteiger partial charge >= 0.3 is 0 Å². The van der Waals surface area contributed by atoms with E-state index in [-0.39, 0.29) is 24.4 Å². The minimum absolute atomic E-state index is 0.0192. The molecule has 6 heteroatoms. The molecule has 122 valence electrons. The van der Waals surface area contributed by atoms with Gasteiger partial charge in [-0.1, -0.05) is 25.0 Å². The summed E-state index contributed by atoms with van der Waals surface area (Å²) in [4.78, 5) is 26.0. The summed E-state index contributed by atoms with van der Waals surface area (Å²) in [6, 6.07) is 7.76. The van der Waals surface area contributed by atoms with Crippen LogP contribution in [0.5, 0.6) is 0 Å². The van der Waals surface area contributed by atoms with Gasteiger partial charge in [-0.25, -0.2) is 0 Å². The van der Waals surface area contributed by atoms with Gasteiger partial charge in [0.1, 0.15) is 0 Å². The highest BCUT2D eigenvalue weighted by Crippen LogP contribution is 2.37. The zero-order valence-electron chi connectivity index (χ0n) is 12.8. The second-order valence-electron chi connectivity index (χ2n) is 5.77. The van der Waals surface area contributed by atoms with Gasteiger partial charge in [0.2, 0.25) is 5.91 Å². The van der Waals surface area contributed by atoms with Crippen LogP contribution >= 0.6 is 22.7 Å². The Hall–Kier alpha value is -1.66. The standard InChI is InChI=1S/C17H20N2O2S2/c20-15(11-18-17(21)14-8-4-10-23-14)19-16(12-5-1-2-6-12)13-7-3-9-22-13/h3-4,7-10,12,16H,1-2,5-6,11H2,(H,18,21)(H,19,20)/t16-/m0/s1. The van der Waals surface area contributed by atoms with E-state index >= 15 is 0 Å². The second kappa shape index (κ2) is 7.75. The van der Waals surface area contributed by atoms with Gasteiger partial charge in [-0.3, -0.25) is 9.59 Å². The minimum atomic E-state index is -0.191. The highest BCUT2D eigenvalue weighted by atomic mass is 32.1. The van der Waals surface area contributed by atoms with Crippen molar-refractivity contribution in [3.8, 4) is 0 Å². The van der Waals surface area contributed by atoms with E-state index in [2.05, 4.69) is 16.7 Å². The van der Waals surface area contributed by atoms with Crippen LogP contribution in [-0.4, -0.2) is 18.4 Å². The number of carbonyl (C=O) groups excluding carboxylic acids is 2. The number of amides is 2. The van der Waals surface area contributed by atoms with Gasteiger partial charge in [0.25, 0.3) is 5.91 Å². The molecule has 0 aromatic carbocycles. The van der Waals surface area contributed by atoms with E-state index in [4.69, 9.17) is 0 Å². The van der Waals surface area contributed by atoms with E-state index in [0.29, 0.717) is 10.8 Å². The van der Waals surface area contributed by atoms with E-state index in [9.17, 15) is 9.59 Å². The molecule has 0 spiro atoms. The Bertz CT molecular complexity index is 632. The largest absolute Gasteiger partial charge is 0.347 e. The predicted octanol–water partition coefficient (Wildman–Crippen LogP) is 3.59. The first-order valence-corrected chi connectivity index (χ1v) is 9.64. The van der Waals surface area contributed by atoms with Gasteiger partial charge in [-0.2, -0.15) is 0 Å². The van der Waals surface area contributed by atoms with E-state index < -0.39 is 0 Å². The lowest BCUT2D eigenvalue weighted by Crippen LogP contribution is -2.40. The Balaban J connectivity index is 1.56. The van der Waals surface area contributed by atoms with Crippen LogP contribution in [0.3, 0.4) is 0 Å². The lowest BCUT2D eigenvalue weighted by molar-refractivity contribution is -0.121. The van der Waals surface area contributed by atoms with Crippen molar-refractivity contribution in [3.63, 3.8) is 0 Å². The quantitative estimate of drug-likeness (QED) is 0.838. The molecular weight excluding hydrogens is 328 g/mol. The molecule has 4 nitrogen and oxygen atoms in total. The SMILES string of the molecule is O=C(CNC(=O)c1cccs1)N[C@H](c1cccs1)C1CCCC1. The molecule has 0 saturated heterocycles. The number of rotatable bonds is 6. The van der Waals surface area contributed by atoms with Gasteiger partial charge in [-0.05, 0) is 41.7 Å². The molecule has 1 aliphatic carbocycles. The monoisotopic (exact) mass is 348 g/mol. The van der Waals surface area contributed by atoms with Crippen molar-refractivity contribution in [2.45, 2.75) is 31.7 Å². The van der Waals surface area contributed by atoms with Crippen molar-refractivity contribution in [2.24, 2.45) is 5.92 Å². The number of hydrogen-bond acceptors (Lipinski definition) is 4. The Morgan fingerprint density at radius 3 is 2.52 bits per heavy atom. The first-order valence-electron chi connectivity index (χ1n) is 7.88. The molecule has 1 aliphatic rings. The summed E-state index contributed by atoms with van der Waals surface area (Å²) < 4.78 is 0. The molecule has 0 unspecified atom stereocenters. The van der Waals surface area contributed by atoms with Gasteiger partial charge in [-0.15, -0.1) is 22.7 Å². The Morgan fingerprint density at radius 2 is 1.87 bits per heavy atom. The van der Waals surface area contributed by atoms with Crippen molar-refractivity contribution in [1.82, 2.24) is 10.6 Å². The van der Waals surface area contributed by atoms with E-state index in [1.807, 2.05) is 22.9 Å². The zero-order valence-corrected chi connectivity index (χ0v) is 14.4. The van der Waals surface area contributed by atoms with E-state index in [1.165, 1.54) is 29.1 Å². The van der Waals surface area contributed by atoms with Crippen LogP contribution in [0.25, 0.3) is 0 Å². The van der Waals surface area contributed by atoms with Crippen molar-refractivity contribution in [2.75, 3.05) is 6.54 Å². The fourth-order valence-electron chi connectivity index (χ4n) is 3.06. The average molecular weight is 348 g/mol. The molecule has 2 aromatic heterocycles. The zero-order chi connectivity index (χ0) is 16.1. The predicted molar refractivity (Wildman–Crippen MR) is 93.8 cm³/mol. The number of nitrogens with one attached hydrogen (secondary N) is 2. The molecule has 2 aromatic rings. The summed E-state index contributed by atoms with van der Waals surface area (Å²) in [6.45, 7) is 0.0192. The lowest BCUT2D eigenvalue weighted by atomic mass is 9.96. The maximum Gasteiger partial charge on any atom is 0.261 e. The topological polar surface area (TPSA) is 58.2 Å². The third-order valence-corrected chi connectivity index (χ3v) is 6.02. The molecule has 0 bridgehead atoms. The van der Waals surface area contributed by atoms with Crippen LogP contribution in [0, 0.1) is 5.92 Å². The highest BCUT2D eigenvalue weighted by Gasteiger charge is 2.28. The number of hydrogen-bond donors (Lipinski definition) is 2. The van der Waals surface area contributed by atoms with Crippen LogP contribution in [-0.2, 0) is 4.79 Å². The van der Waals surface area contributed by atoms with Crippen LogP contribution in [0.15, 0.2) is 35.0 Å². The summed E-state index contributed by atoms with van der Waals surface area (Å²) in [5.41, 5.74) is 0. The molecule has 23 heavy (non-hydrogen) atoms. The van der Waals surface area contributed by atoms with Crippen LogP contribution in [0.4, 0.5) is 0 Å². The van der Waals surface area contributed by atoms with Gasteiger partial charge < -0.3 is 10.6 Å². The third-order valence-electron chi connectivity index (χ3n) is 4.19. The van der Waals surface area contributed by atoms with Crippen molar-refractivity contribution in [1.29, 1.82) is 0 Å². The fraction of sp³-hybridized carbons (Fsp3) is 0.412. The average Bonchev–Trinajstić information content (AvgIpc) is 3.33. The maximum atomic E-state index is 12.3. The Morgan fingerprint density at radius 1 is 1.13 bits per heavy atom. The molecule has 2 N–H and O–H groups in total. The first kappa shape index (κ1) is 16.2. The molecule has 0 aliphatic heterocycles. The lowest BCUT2D eigenvalue weighted by Gasteiger charge is -2.23. The third kappa shape index (κ3) is 4.20. The smallest absolute Gasteiger partial charge is 0.261 e. The minimum Gasteiger partial charge on any atom is -0.347 e. The van der Waals surface area contributed by atoms with Crippen LogP contribution in [0.2, 0.25) is 0 Å². The molecular formula is C17H20N2O2S2. The summed E-state index contributed by atoms with van der Waals surface area (Å²) in [5, 5.41) is 9.70. The van der Waals surface area contributed by atoms with Gasteiger partial charge in [0, 0.05) is 4.88 Å². The van der Waals surface area contributed by atoms with E-state index in [0.717, 1.165) is 12.8 Å². The van der Waals surface area contributed by atoms with Crippen molar-refractivity contribution < 1.29 is 9.59 Å². The molecule has 1 fully saturated rings.